The predicted molar refractivity (Wildman–Crippen MR) is 80.2 cm³/mol. The van der Waals surface area contributed by atoms with Gasteiger partial charge in [0.25, 0.3) is 0 Å². The van der Waals surface area contributed by atoms with Gasteiger partial charge >= 0.3 is 0 Å². The smallest absolute Gasteiger partial charge is 0.242 e. The predicted octanol–water partition coefficient (Wildman–Crippen LogP) is 2.73. The lowest BCUT2D eigenvalue weighted by Gasteiger charge is -2.13. The van der Waals surface area contributed by atoms with Crippen LogP contribution in [0.1, 0.15) is 38.5 Å². The summed E-state index contributed by atoms with van der Waals surface area (Å²) in [6.45, 7) is 0.840. The Kier molecular flexibility index (Phi) is 3.98. The lowest BCUT2D eigenvalue weighted by molar-refractivity contribution is 0.581. The summed E-state index contributed by atoms with van der Waals surface area (Å²) >= 11 is 0. The van der Waals surface area contributed by atoms with Crippen molar-refractivity contribution in [2.24, 2.45) is 5.92 Å². The van der Waals surface area contributed by atoms with Gasteiger partial charge in [0.2, 0.25) is 10.0 Å². The molecule has 0 aliphatic heterocycles. The number of hydrogen-bond acceptors (Lipinski definition) is 3. The molecule has 2 aliphatic carbocycles. The first-order valence-electron chi connectivity index (χ1n) is 7.50. The fourth-order valence-electron chi connectivity index (χ4n) is 2.35. The van der Waals surface area contributed by atoms with Gasteiger partial charge in [-0.2, -0.15) is 0 Å². The minimum atomic E-state index is -3.38. The Hall–Kier alpha value is -1.07. The number of benzene rings is 1. The summed E-state index contributed by atoms with van der Waals surface area (Å²) in [5, 5.41) is 3.28. The van der Waals surface area contributed by atoms with Gasteiger partial charge in [-0.25, -0.2) is 13.1 Å². The number of sulfonamides is 1. The Morgan fingerprint density at radius 3 is 2.55 bits per heavy atom. The average Bonchev–Trinajstić information content (AvgIpc) is 3.30. The zero-order valence-corrected chi connectivity index (χ0v) is 12.5. The molecule has 0 heterocycles. The molecule has 5 heteroatoms. The van der Waals surface area contributed by atoms with Crippen LogP contribution in [0.25, 0.3) is 0 Å². The van der Waals surface area contributed by atoms with Crippen molar-refractivity contribution in [2.75, 3.05) is 11.9 Å². The fraction of sp³-hybridized carbons (Fsp3) is 0.600. The van der Waals surface area contributed by atoms with E-state index in [4.69, 9.17) is 0 Å². The molecule has 2 fully saturated rings. The molecule has 0 unspecified atom stereocenters. The summed E-state index contributed by atoms with van der Waals surface area (Å²) in [5.41, 5.74) is 0.719. The van der Waals surface area contributed by atoms with Gasteiger partial charge in [0.15, 0.2) is 0 Å². The van der Waals surface area contributed by atoms with Gasteiger partial charge in [0.1, 0.15) is 4.90 Å². The topological polar surface area (TPSA) is 58.2 Å². The van der Waals surface area contributed by atoms with Crippen molar-refractivity contribution in [1.29, 1.82) is 0 Å². The highest BCUT2D eigenvalue weighted by molar-refractivity contribution is 7.89. The van der Waals surface area contributed by atoms with Gasteiger partial charge in [-0.3, -0.25) is 0 Å². The molecule has 4 nitrogen and oxygen atoms in total. The maximum absolute atomic E-state index is 12.3. The highest BCUT2D eigenvalue weighted by atomic mass is 32.2. The van der Waals surface area contributed by atoms with Crippen LogP contribution >= 0.6 is 0 Å². The van der Waals surface area contributed by atoms with Gasteiger partial charge in [-0.05, 0) is 43.7 Å². The van der Waals surface area contributed by atoms with Crippen LogP contribution in [-0.4, -0.2) is 21.0 Å². The Labute approximate surface area is 121 Å². The fourth-order valence-corrected chi connectivity index (χ4v) is 3.84. The molecule has 110 valence electrons. The molecule has 3 rings (SSSR count). The van der Waals surface area contributed by atoms with E-state index in [2.05, 4.69) is 10.0 Å². The molecule has 2 saturated carbocycles. The molecule has 1 aromatic rings. The maximum atomic E-state index is 12.3. The molecular formula is C15H22N2O2S. The van der Waals surface area contributed by atoms with E-state index in [1.807, 2.05) is 12.1 Å². The van der Waals surface area contributed by atoms with Gasteiger partial charge in [0.05, 0.1) is 5.69 Å². The van der Waals surface area contributed by atoms with Crippen LogP contribution in [0, 0.1) is 5.92 Å². The first-order valence-corrected chi connectivity index (χ1v) is 8.99. The quantitative estimate of drug-likeness (QED) is 0.725. The summed E-state index contributed by atoms with van der Waals surface area (Å²) in [4.78, 5) is 0.373. The largest absolute Gasteiger partial charge is 0.384 e. The Morgan fingerprint density at radius 1 is 1.10 bits per heavy atom. The summed E-state index contributed by atoms with van der Waals surface area (Å²) < 4.78 is 27.3. The van der Waals surface area contributed by atoms with Crippen molar-refractivity contribution in [3.8, 4) is 0 Å². The second-order valence-electron chi connectivity index (χ2n) is 5.90. The van der Waals surface area contributed by atoms with Crippen LogP contribution in [0.3, 0.4) is 0 Å². The second-order valence-corrected chi connectivity index (χ2v) is 7.59. The van der Waals surface area contributed by atoms with Gasteiger partial charge in [0, 0.05) is 12.6 Å². The summed E-state index contributed by atoms with van der Waals surface area (Å²) in [5.74, 6) is 0.923. The molecule has 0 bridgehead atoms. The van der Waals surface area contributed by atoms with Gasteiger partial charge in [-0.15, -0.1) is 0 Å². The highest BCUT2D eigenvalue weighted by Gasteiger charge is 2.29. The molecule has 0 spiro atoms. The SMILES string of the molecule is O=S(=O)(NC1CC1)c1ccccc1NCCCC1CC1. The van der Waals surface area contributed by atoms with E-state index in [1.54, 1.807) is 12.1 Å². The first kappa shape index (κ1) is 13.9. The zero-order chi connectivity index (χ0) is 14.0. The minimum absolute atomic E-state index is 0.142. The van der Waals surface area contributed by atoms with E-state index in [-0.39, 0.29) is 6.04 Å². The van der Waals surface area contributed by atoms with E-state index >= 15 is 0 Å². The number of rotatable bonds is 8. The number of nitrogens with one attached hydrogen (secondary N) is 2. The third kappa shape index (κ3) is 3.73. The van der Waals surface area contributed by atoms with E-state index in [1.165, 1.54) is 19.3 Å². The molecule has 1 aromatic carbocycles. The normalized spacial score (nSPS) is 19.0. The van der Waals surface area contributed by atoms with Crippen molar-refractivity contribution >= 4 is 15.7 Å². The van der Waals surface area contributed by atoms with Crippen molar-refractivity contribution < 1.29 is 8.42 Å². The second kappa shape index (κ2) is 5.74. The standard InChI is InChI=1S/C15H22N2O2S/c18-20(19,17-13-9-10-13)15-6-2-1-5-14(15)16-11-3-4-12-7-8-12/h1-2,5-6,12-13,16-17H,3-4,7-11H2. The third-order valence-electron chi connectivity index (χ3n) is 3.88. The monoisotopic (exact) mass is 294 g/mol. The molecule has 0 radical (unpaired) electrons. The van der Waals surface area contributed by atoms with Crippen molar-refractivity contribution in [3.63, 3.8) is 0 Å². The van der Waals surface area contributed by atoms with Crippen molar-refractivity contribution in [2.45, 2.75) is 49.5 Å². The number of para-hydroxylation sites is 1. The van der Waals surface area contributed by atoms with Gasteiger partial charge in [-0.1, -0.05) is 25.0 Å². The van der Waals surface area contributed by atoms with Crippen LogP contribution in [0.15, 0.2) is 29.2 Å². The molecule has 0 amide bonds. The molecule has 0 saturated heterocycles. The Morgan fingerprint density at radius 2 is 1.85 bits per heavy atom. The van der Waals surface area contributed by atoms with Crippen LogP contribution in [-0.2, 0) is 10.0 Å². The van der Waals surface area contributed by atoms with Crippen LogP contribution in [0.2, 0.25) is 0 Å². The van der Waals surface area contributed by atoms with Crippen LogP contribution in [0.4, 0.5) is 5.69 Å². The van der Waals surface area contributed by atoms with Gasteiger partial charge < -0.3 is 5.32 Å². The van der Waals surface area contributed by atoms with Crippen molar-refractivity contribution in [1.82, 2.24) is 4.72 Å². The van der Waals surface area contributed by atoms with E-state index in [0.29, 0.717) is 4.90 Å². The molecular weight excluding hydrogens is 272 g/mol. The first-order chi connectivity index (χ1) is 9.65. The molecule has 0 atom stereocenters. The summed E-state index contributed by atoms with van der Waals surface area (Å²) in [7, 11) is -3.38. The lowest BCUT2D eigenvalue weighted by Crippen LogP contribution is -2.26. The third-order valence-corrected chi connectivity index (χ3v) is 5.46. The van der Waals surface area contributed by atoms with E-state index in [9.17, 15) is 8.42 Å². The number of hydrogen-bond donors (Lipinski definition) is 2. The average molecular weight is 294 g/mol. The molecule has 2 N–H and O–H groups in total. The van der Waals surface area contributed by atoms with E-state index < -0.39 is 10.0 Å². The molecule has 0 aromatic heterocycles. The van der Waals surface area contributed by atoms with Crippen LogP contribution in [0.5, 0.6) is 0 Å². The molecule has 20 heavy (non-hydrogen) atoms. The minimum Gasteiger partial charge on any atom is -0.384 e. The molecule has 2 aliphatic rings. The Balaban J connectivity index is 1.63. The summed E-state index contributed by atoms with van der Waals surface area (Å²) in [6, 6.07) is 7.31. The van der Waals surface area contributed by atoms with Crippen molar-refractivity contribution in [3.05, 3.63) is 24.3 Å². The summed E-state index contributed by atoms with van der Waals surface area (Å²) in [6.07, 6.45) is 7.01. The van der Waals surface area contributed by atoms with E-state index in [0.717, 1.165) is 37.4 Å². The van der Waals surface area contributed by atoms with Crippen LogP contribution < -0.4 is 10.0 Å². The Bertz CT molecular complexity index is 563. The number of anilines is 1. The zero-order valence-electron chi connectivity index (χ0n) is 11.6. The lowest BCUT2D eigenvalue weighted by atomic mass is 10.2. The highest BCUT2D eigenvalue weighted by Crippen LogP contribution is 2.33. The maximum Gasteiger partial charge on any atom is 0.242 e.